The number of amides is 1. The van der Waals surface area contributed by atoms with Crippen molar-refractivity contribution in [3.63, 3.8) is 0 Å². The van der Waals surface area contributed by atoms with Gasteiger partial charge in [0.15, 0.2) is 11.5 Å². The molecule has 7 heteroatoms. The Hall–Kier alpha value is -2.54. The lowest BCUT2D eigenvalue weighted by atomic mass is 9.93. The summed E-state index contributed by atoms with van der Waals surface area (Å²) in [5.74, 6) is 2.27. The number of aromatic nitrogens is 2. The summed E-state index contributed by atoms with van der Waals surface area (Å²) >= 11 is 0. The first-order chi connectivity index (χ1) is 12.2. The van der Waals surface area contributed by atoms with E-state index in [-0.39, 0.29) is 24.7 Å². The second-order valence-corrected chi connectivity index (χ2v) is 6.37. The van der Waals surface area contributed by atoms with Crippen LogP contribution in [0.25, 0.3) is 0 Å². The van der Waals surface area contributed by atoms with Crippen LogP contribution in [0.15, 0.2) is 30.6 Å². The number of carbonyl (C=O) groups is 1. The van der Waals surface area contributed by atoms with Crippen LogP contribution in [0, 0.1) is 5.92 Å². The first-order valence-electron chi connectivity index (χ1n) is 8.49. The molecular formula is C18H21N3O4. The van der Waals surface area contributed by atoms with Crippen molar-refractivity contribution in [3.8, 4) is 11.5 Å². The minimum Gasteiger partial charge on any atom is -0.454 e. The average Bonchev–Trinajstić information content (AvgIpc) is 3.27. The Labute approximate surface area is 145 Å². The molecule has 1 amide bonds. The summed E-state index contributed by atoms with van der Waals surface area (Å²) in [4.78, 5) is 16.9. The highest BCUT2D eigenvalue weighted by atomic mass is 16.7. The predicted molar refractivity (Wildman–Crippen MR) is 89.5 cm³/mol. The molecule has 3 heterocycles. The van der Waals surface area contributed by atoms with Crippen LogP contribution >= 0.6 is 0 Å². The normalized spacial score (nSPS) is 22.0. The highest BCUT2D eigenvalue weighted by Crippen LogP contribution is 2.33. The smallest absolute Gasteiger partial charge is 0.251 e. The molecule has 25 heavy (non-hydrogen) atoms. The summed E-state index contributed by atoms with van der Waals surface area (Å²) < 4.78 is 18.5. The van der Waals surface area contributed by atoms with Crippen molar-refractivity contribution in [1.82, 2.24) is 14.9 Å². The Morgan fingerprint density at radius 1 is 1.36 bits per heavy atom. The summed E-state index contributed by atoms with van der Waals surface area (Å²) in [5.41, 5.74) is 0.564. The van der Waals surface area contributed by atoms with Crippen molar-refractivity contribution in [1.29, 1.82) is 0 Å². The molecule has 0 aliphatic carbocycles. The third-order valence-electron chi connectivity index (χ3n) is 4.72. The molecule has 1 N–H and O–H groups in total. The molecule has 0 unspecified atom stereocenters. The van der Waals surface area contributed by atoms with Gasteiger partial charge in [-0.2, -0.15) is 0 Å². The standard InChI is InChI=1S/C18H21N3O4/c1-21-7-6-19-17(21)16-13(3-2-8-23-16)10-20-18(22)12-4-5-14-15(9-12)25-11-24-14/h4-7,9,13,16H,2-3,8,10-11H2,1H3,(H,20,22)/t13-,16+/m0/s1. The molecule has 2 aliphatic heterocycles. The minimum atomic E-state index is -0.123. The number of benzene rings is 1. The molecule has 0 bridgehead atoms. The van der Waals surface area contributed by atoms with Crippen molar-refractivity contribution in [2.75, 3.05) is 19.9 Å². The lowest BCUT2D eigenvalue weighted by molar-refractivity contribution is -0.0337. The molecule has 2 aliphatic rings. The van der Waals surface area contributed by atoms with Crippen LogP contribution in [0.2, 0.25) is 0 Å². The average molecular weight is 343 g/mol. The summed E-state index contributed by atoms with van der Waals surface area (Å²) in [7, 11) is 1.96. The number of nitrogens with zero attached hydrogens (tertiary/aromatic N) is 2. The zero-order valence-corrected chi connectivity index (χ0v) is 14.1. The van der Waals surface area contributed by atoms with Gasteiger partial charge in [0.2, 0.25) is 6.79 Å². The zero-order chi connectivity index (χ0) is 17.2. The lowest BCUT2D eigenvalue weighted by Gasteiger charge is -2.31. The maximum absolute atomic E-state index is 12.5. The monoisotopic (exact) mass is 343 g/mol. The van der Waals surface area contributed by atoms with E-state index in [4.69, 9.17) is 14.2 Å². The van der Waals surface area contributed by atoms with Crippen LogP contribution in [-0.2, 0) is 11.8 Å². The SMILES string of the molecule is Cn1ccnc1[C@@H]1OCCC[C@H]1CNC(=O)c1ccc2c(c1)OCO2. The number of imidazole rings is 1. The Morgan fingerprint density at radius 2 is 2.24 bits per heavy atom. The first-order valence-corrected chi connectivity index (χ1v) is 8.49. The number of hydrogen-bond donors (Lipinski definition) is 1. The summed E-state index contributed by atoms with van der Waals surface area (Å²) in [5, 5.41) is 3.02. The van der Waals surface area contributed by atoms with Crippen LogP contribution < -0.4 is 14.8 Å². The van der Waals surface area contributed by atoms with E-state index in [1.165, 1.54) is 0 Å². The van der Waals surface area contributed by atoms with Gasteiger partial charge >= 0.3 is 0 Å². The molecule has 1 fully saturated rings. The second-order valence-electron chi connectivity index (χ2n) is 6.37. The Kier molecular flexibility index (Phi) is 4.31. The van der Waals surface area contributed by atoms with E-state index in [0.29, 0.717) is 23.6 Å². The van der Waals surface area contributed by atoms with Gasteiger partial charge in [-0.3, -0.25) is 4.79 Å². The van der Waals surface area contributed by atoms with Gasteiger partial charge in [0.25, 0.3) is 5.91 Å². The molecule has 1 saturated heterocycles. The lowest BCUT2D eigenvalue weighted by Crippen LogP contribution is -2.36. The number of fused-ring (bicyclic) bond motifs is 1. The molecular weight excluding hydrogens is 322 g/mol. The van der Waals surface area contributed by atoms with E-state index in [9.17, 15) is 4.79 Å². The Balaban J connectivity index is 1.42. The fraction of sp³-hybridized carbons (Fsp3) is 0.444. The van der Waals surface area contributed by atoms with Crippen molar-refractivity contribution >= 4 is 5.91 Å². The molecule has 0 spiro atoms. The number of ether oxygens (including phenoxy) is 3. The zero-order valence-electron chi connectivity index (χ0n) is 14.1. The Morgan fingerprint density at radius 3 is 3.08 bits per heavy atom. The maximum atomic E-state index is 12.5. The van der Waals surface area contributed by atoms with Crippen molar-refractivity contribution < 1.29 is 19.0 Å². The molecule has 7 nitrogen and oxygen atoms in total. The van der Waals surface area contributed by atoms with Gasteiger partial charge in [-0.1, -0.05) is 0 Å². The van der Waals surface area contributed by atoms with E-state index in [1.807, 2.05) is 17.8 Å². The maximum Gasteiger partial charge on any atom is 0.251 e. The van der Waals surface area contributed by atoms with Crippen molar-refractivity contribution in [2.24, 2.45) is 13.0 Å². The van der Waals surface area contributed by atoms with E-state index >= 15 is 0 Å². The fourth-order valence-electron chi connectivity index (χ4n) is 3.35. The van der Waals surface area contributed by atoms with E-state index in [2.05, 4.69) is 10.3 Å². The summed E-state index contributed by atoms with van der Waals surface area (Å²) in [6.45, 7) is 1.47. The van der Waals surface area contributed by atoms with Crippen LogP contribution in [0.5, 0.6) is 11.5 Å². The van der Waals surface area contributed by atoms with Crippen molar-refractivity contribution in [2.45, 2.75) is 18.9 Å². The molecule has 1 aromatic carbocycles. The predicted octanol–water partition coefficient (Wildman–Crippen LogP) is 2.05. The molecule has 2 aromatic rings. The third kappa shape index (κ3) is 3.19. The van der Waals surface area contributed by atoms with Crippen LogP contribution in [0.3, 0.4) is 0 Å². The third-order valence-corrected chi connectivity index (χ3v) is 4.72. The number of carbonyl (C=O) groups excluding carboxylic acids is 1. The Bertz CT molecular complexity index is 773. The molecule has 0 saturated carbocycles. The number of nitrogens with one attached hydrogen (secondary N) is 1. The van der Waals surface area contributed by atoms with Gasteiger partial charge in [0.1, 0.15) is 11.9 Å². The minimum absolute atomic E-state index is 0.0918. The summed E-state index contributed by atoms with van der Waals surface area (Å²) in [6, 6.07) is 5.22. The van der Waals surface area contributed by atoms with Gasteiger partial charge in [-0.05, 0) is 31.0 Å². The number of hydrogen-bond acceptors (Lipinski definition) is 5. The van der Waals surface area contributed by atoms with Crippen molar-refractivity contribution in [3.05, 3.63) is 42.0 Å². The molecule has 0 radical (unpaired) electrons. The van der Waals surface area contributed by atoms with Gasteiger partial charge in [0, 0.05) is 44.1 Å². The van der Waals surface area contributed by atoms with Crippen LogP contribution in [-0.4, -0.2) is 35.4 Å². The van der Waals surface area contributed by atoms with E-state index in [0.717, 1.165) is 25.3 Å². The molecule has 1 aromatic heterocycles. The quantitative estimate of drug-likeness (QED) is 0.920. The fourth-order valence-corrected chi connectivity index (χ4v) is 3.35. The largest absolute Gasteiger partial charge is 0.454 e. The molecule has 4 rings (SSSR count). The van der Waals surface area contributed by atoms with Gasteiger partial charge in [-0.15, -0.1) is 0 Å². The first kappa shape index (κ1) is 16.0. The van der Waals surface area contributed by atoms with E-state index < -0.39 is 0 Å². The number of rotatable bonds is 4. The van der Waals surface area contributed by atoms with Gasteiger partial charge in [0.05, 0.1) is 0 Å². The topological polar surface area (TPSA) is 74.6 Å². The highest BCUT2D eigenvalue weighted by Gasteiger charge is 2.30. The molecule has 2 atom stereocenters. The number of aryl methyl sites for hydroxylation is 1. The van der Waals surface area contributed by atoms with Gasteiger partial charge < -0.3 is 24.1 Å². The van der Waals surface area contributed by atoms with Gasteiger partial charge in [-0.25, -0.2) is 4.98 Å². The van der Waals surface area contributed by atoms with Crippen LogP contribution in [0.4, 0.5) is 0 Å². The molecule has 132 valence electrons. The van der Waals surface area contributed by atoms with E-state index in [1.54, 1.807) is 24.4 Å². The highest BCUT2D eigenvalue weighted by molar-refractivity contribution is 5.94. The van der Waals surface area contributed by atoms with Crippen LogP contribution in [0.1, 0.15) is 35.1 Å². The summed E-state index contributed by atoms with van der Waals surface area (Å²) in [6.07, 6.45) is 5.58. The second kappa shape index (κ2) is 6.76.